The Morgan fingerprint density at radius 3 is 2.34 bits per heavy atom. The predicted octanol–water partition coefficient (Wildman–Crippen LogP) is 1.25. The first-order valence-corrected chi connectivity index (χ1v) is 10.9. The number of amides is 1. The number of benzene rings is 1. The molecule has 0 spiro atoms. The SMILES string of the molecule is CCN(CC)S(=O)(=O)c1ccc(=O)n(CC(=O)NCCc2ccc(OC)cc2)c1. The van der Waals surface area contributed by atoms with Crippen LogP contribution in [-0.4, -0.2) is 49.9 Å². The Morgan fingerprint density at radius 1 is 1.10 bits per heavy atom. The Labute approximate surface area is 171 Å². The fraction of sp³-hybridized carbons (Fsp3) is 0.400. The molecular weight excluding hydrogens is 394 g/mol. The first-order valence-electron chi connectivity index (χ1n) is 9.42. The molecule has 1 N–H and O–H groups in total. The van der Waals surface area contributed by atoms with E-state index in [9.17, 15) is 18.0 Å². The fourth-order valence-corrected chi connectivity index (χ4v) is 4.33. The van der Waals surface area contributed by atoms with E-state index < -0.39 is 15.6 Å². The molecule has 0 unspecified atom stereocenters. The van der Waals surface area contributed by atoms with E-state index in [1.807, 2.05) is 24.3 Å². The lowest BCUT2D eigenvalue weighted by Crippen LogP contribution is -2.35. The lowest BCUT2D eigenvalue weighted by Gasteiger charge is -2.19. The van der Waals surface area contributed by atoms with Crippen LogP contribution in [0.5, 0.6) is 5.75 Å². The van der Waals surface area contributed by atoms with Crippen LogP contribution in [0.1, 0.15) is 19.4 Å². The summed E-state index contributed by atoms with van der Waals surface area (Å²) in [5, 5.41) is 2.75. The molecule has 158 valence electrons. The molecular formula is C20H27N3O5S. The number of nitrogens with zero attached hydrogens (tertiary/aromatic N) is 2. The van der Waals surface area contributed by atoms with E-state index in [0.29, 0.717) is 26.1 Å². The van der Waals surface area contributed by atoms with E-state index >= 15 is 0 Å². The van der Waals surface area contributed by atoms with Crippen LogP contribution in [-0.2, 0) is 27.8 Å². The molecule has 0 saturated heterocycles. The molecule has 1 aromatic heterocycles. The van der Waals surface area contributed by atoms with E-state index in [1.165, 1.54) is 22.6 Å². The predicted molar refractivity (Wildman–Crippen MR) is 111 cm³/mol. The van der Waals surface area contributed by atoms with Crippen molar-refractivity contribution < 1.29 is 17.9 Å². The van der Waals surface area contributed by atoms with E-state index in [0.717, 1.165) is 15.9 Å². The highest BCUT2D eigenvalue weighted by Gasteiger charge is 2.22. The van der Waals surface area contributed by atoms with Gasteiger partial charge in [0.25, 0.3) is 5.56 Å². The van der Waals surface area contributed by atoms with Gasteiger partial charge in [-0.15, -0.1) is 0 Å². The van der Waals surface area contributed by atoms with Gasteiger partial charge in [0.1, 0.15) is 12.3 Å². The summed E-state index contributed by atoms with van der Waals surface area (Å²) in [7, 11) is -2.11. The van der Waals surface area contributed by atoms with Crippen LogP contribution in [0, 0.1) is 0 Å². The number of hydrogen-bond acceptors (Lipinski definition) is 5. The van der Waals surface area contributed by atoms with E-state index in [1.54, 1.807) is 21.0 Å². The summed E-state index contributed by atoms with van der Waals surface area (Å²) in [6.07, 6.45) is 1.85. The lowest BCUT2D eigenvalue weighted by molar-refractivity contribution is -0.121. The third-order valence-corrected chi connectivity index (χ3v) is 6.54. The number of carbonyl (C=O) groups is 1. The van der Waals surface area contributed by atoms with Gasteiger partial charge in [0.15, 0.2) is 0 Å². The fourth-order valence-electron chi connectivity index (χ4n) is 2.85. The maximum absolute atomic E-state index is 12.6. The van der Waals surface area contributed by atoms with Crippen LogP contribution in [0.25, 0.3) is 0 Å². The van der Waals surface area contributed by atoms with Crippen LogP contribution in [0.4, 0.5) is 0 Å². The van der Waals surface area contributed by atoms with Gasteiger partial charge in [0.2, 0.25) is 15.9 Å². The van der Waals surface area contributed by atoms with Crippen molar-refractivity contribution in [2.75, 3.05) is 26.7 Å². The van der Waals surface area contributed by atoms with Gasteiger partial charge >= 0.3 is 0 Å². The monoisotopic (exact) mass is 421 g/mol. The van der Waals surface area contributed by atoms with Crippen molar-refractivity contribution in [1.82, 2.24) is 14.2 Å². The molecule has 0 atom stereocenters. The Morgan fingerprint density at radius 2 is 1.76 bits per heavy atom. The summed E-state index contributed by atoms with van der Waals surface area (Å²) in [6, 6.07) is 9.96. The van der Waals surface area contributed by atoms with Gasteiger partial charge in [0, 0.05) is 31.9 Å². The molecule has 9 heteroatoms. The second kappa shape index (κ2) is 10.2. The summed E-state index contributed by atoms with van der Waals surface area (Å²) >= 11 is 0. The molecule has 0 aliphatic rings. The van der Waals surface area contributed by atoms with Gasteiger partial charge in [-0.3, -0.25) is 9.59 Å². The zero-order chi connectivity index (χ0) is 21.4. The highest BCUT2D eigenvalue weighted by Crippen LogP contribution is 2.14. The van der Waals surface area contributed by atoms with Crippen molar-refractivity contribution in [2.24, 2.45) is 0 Å². The third-order valence-electron chi connectivity index (χ3n) is 4.51. The van der Waals surface area contributed by atoms with Crippen LogP contribution in [0.2, 0.25) is 0 Å². The average Bonchev–Trinajstić information content (AvgIpc) is 2.70. The highest BCUT2D eigenvalue weighted by molar-refractivity contribution is 7.89. The van der Waals surface area contributed by atoms with Gasteiger partial charge < -0.3 is 14.6 Å². The highest BCUT2D eigenvalue weighted by atomic mass is 32.2. The molecule has 0 aliphatic heterocycles. The molecule has 0 bridgehead atoms. The number of carbonyl (C=O) groups excluding carboxylic acids is 1. The van der Waals surface area contributed by atoms with Crippen molar-refractivity contribution in [2.45, 2.75) is 31.7 Å². The molecule has 1 amide bonds. The van der Waals surface area contributed by atoms with Crippen LogP contribution in [0.3, 0.4) is 0 Å². The first kappa shape index (κ1) is 22.6. The lowest BCUT2D eigenvalue weighted by atomic mass is 10.1. The van der Waals surface area contributed by atoms with Gasteiger partial charge in [-0.05, 0) is 30.2 Å². The van der Waals surface area contributed by atoms with Crippen LogP contribution < -0.4 is 15.6 Å². The minimum atomic E-state index is -3.70. The first-order chi connectivity index (χ1) is 13.8. The second-order valence-corrected chi connectivity index (χ2v) is 8.31. The molecule has 1 heterocycles. The van der Waals surface area contributed by atoms with Gasteiger partial charge in [-0.2, -0.15) is 4.31 Å². The number of sulfonamides is 1. The van der Waals surface area contributed by atoms with Crippen molar-refractivity contribution in [3.8, 4) is 5.75 Å². The number of methoxy groups -OCH3 is 1. The summed E-state index contributed by atoms with van der Waals surface area (Å²) in [4.78, 5) is 24.3. The largest absolute Gasteiger partial charge is 0.497 e. The van der Waals surface area contributed by atoms with E-state index in [2.05, 4.69) is 5.32 Å². The molecule has 0 aliphatic carbocycles. The summed E-state index contributed by atoms with van der Waals surface area (Å²) in [5.74, 6) is 0.398. The zero-order valence-electron chi connectivity index (χ0n) is 16.9. The van der Waals surface area contributed by atoms with Gasteiger partial charge in [-0.25, -0.2) is 8.42 Å². The standard InChI is InChI=1S/C20H27N3O5S/c1-4-23(5-2)29(26,27)18-10-11-20(25)22(14-18)15-19(24)21-13-12-16-6-8-17(28-3)9-7-16/h6-11,14H,4-5,12-13,15H2,1-3H3,(H,21,24). The average molecular weight is 422 g/mol. The van der Waals surface area contributed by atoms with Crippen LogP contribution >= 0.6 is 0 Å². The van der Waals surface area contributed by atoms with Gasteiger partial charge in [0.05, 0.1) is 12.0 Å². The Kier molecular flexibility index (Phi) is 7.98. The maximum Gasteiger partial charge on any atom is 0.251 e. The molecule has 2 aromatic rings. The molecule has 0 saturated carbocycles. The van der Waals surface area contributed by atoms with Crippen molar-refractivity contribution in [3.05, 3.63) is 58.5 Å². The molecule has 2 rings (SSSR count). The number of nitrogens with one attached hydrogen (secondary N) is 1. The topological polar surface area (TPSA) is 97.7 Å². The maximum atomic E-state index is 12.6. The van der Waals surface area contributed by atoms with Gasteiger partial charge in [-0.1, -0.05) is 26.0 Å². The minimum absolute atomic E-state index is 0.00756. The number of pyridine rings is 1. The summed E-state index contributed by atoms with van der Waals surface area (Å²) in [5.41, 5.74) is 0.601. The van der Waals surface area contributed by atoms with Crippen molar-refractivity contribution in [3.63, 3.8) is 0 Å². The van der Waals surface area contributed by atoms with Crippen LogP contribution in [0.15, 0.2) is 52.3 Å². The molecule has 29 heavy (non-hydrogen) atoms. The third kappa shape index (κ3) is 5.91. The summed E-state index contributed by atoms with van der Waals surface area (Å²) in [6.45, 7) is 4.29. The number of rotatable bonds is 10. The Hall–Kier alpha value is -2.65. The molecule has 8 nitrogen and oxygen atoms in total. The number of aromatic nitrogens is 1. The number of hydrogen-bond donors (Lipinski definition) is 1. The minimum Gasteiger partial charge on any atom is -0.497 e. The second-order valence-electron chi connectivity index (χ2n) is 6.37. The normalized spacial score (nSPS) is 11.4. The molecule has 1 aromatic carbocycles. The summed E-state index contributed by atoms with van der Waals surface area (Å²) < 4.78 is 32.8. The van der Waals surface area contributed by atoms with Crippen molar-refractivity contribution >= 4 is 15.9 Å². The Balaban J connectivity index is 2.01. The van der Waals surface area contributed by atoms with Crippen molar-refractivity contribution in [1.29, 1.82) is 0 Å². The van der Waals surface area contributed by atoms with E-state index in [4.69, 9.17) is 4.74 Å². The quantitative estimate of drug-likeness (QED) is 0.623. The molecule has 0 radical (unpaired) electrons. The smallest absolute Gasteiger partial charge is 0.251 e. The molecule has 0 fully saturated rings. The van der Waals surface area contributed by atoms with E-state index in [-0.39, 0.29) is 17.3 Å². The zero-order valence-corrected chi connectivity index (χ0v) is 17.7. The number of ether oxygens (including phenoxy) is 1. The Bertz CT molecular complexity index is 980.